The molecule has 2 amide bonds. The first kappa shape index (κ1) is 29.0. The summed E-state index contributed by atoms with van der Waals surface area (Å²) in [7, 11) is 0. The second-order valence-corrected chi connectivity index (χ2v) is 11.1. The molecular formula is C33H46N2O4. The van der Waals surface area contributed by atoms with Crippen molar-refractivity contribution in [1.29, 1.82) is 0 Å². The zero-order valence-corrected chi connectivity index (χ0v) is 23.9. The van der Waals surface area contributed by atoms with Gasteiger partial charge in [0.15, 0.2) is 0 Å². The van der Waals surface area contributed by atoms with Crippen LogP contribution in [0.15, 0.2) is 48.5 Å². The van der Waals surface area contributed by atoms with Crippen LogP contribution in [0.5, 0.6) is 11.5 Å². The molecule has 6 heteroatoms. The predicted octanol–water partition coefficient (Wildman–Crippen LogP) is 8.52. The molecule has 0 atom stereocenters. The van der Waals surface area contributed by atoms with Gasteiger partial charge in [-0.1, -0.05) is 102 Å². The molecule has 0 heterocycles. The standard InChI is InChI=1S/C33H46N2O4/c1-3-15-26-17-11-13-23-30(26)38-32(36)34(28-19-7-5-8-20-28)25-35(29-21-9-6-10-22-29)33(37)39-31-24-14-12-18-27(31)16-4-2/h11-14,17-18,23-24,28-29H,3-10,15-16,19-22,25H2,1-2H3. The Kier molecular flexibility index (Phi) is 11.1. The number of ether oxygens (including phenoxy) is 2. The van der Waals surface area contributed by atoms with Crippen molar-refractivity contribution in [2.45, 2.75) is 116 Å². The van der Waals surface area contributed by atoms with E-state index in [0.717, 1.165) is 88.2 Å². The van der Waals surface area contributed by atoms with Crippen LogP contribution in [0.25, 0.3) is 0 Å². The number of hydrogen-bond donors (Lipinski definition) is 0. The van der Waals surface area contributed by atoms with Gasteiger partial charge in [-0.15, -0.1) is 0 Å². The highest BCUT2D eigenvalue weighted by Gasteiger charge is 2.35. The molecule has 0 unspecified atom stereocenters. The van der Waals surface area contributed by atoms with Gasteiger partial charge in [0, 0.05) is 12.1 Å². The van der Waals surface area contributed by atoms with Crippen LogP contribution in [0.3, 0.4) is 0 Å². The highest BCUT2D eigenvalue weighted by Crippen LogP contribution is 2.29. The lowest BCUT2D eigenvalue weighted by Gasteiger charge is -2.40. The Bertz CT molecular complexity index is 976. The van der Waals surface area contributed by atoms with Crippen LogP contribution in [-0.4, -0.2) is 40.7 Å². The second-order valence-electron chi connectivity index (χ2n) is 11.1. The minimum Gasteiger partial charge on any atom is -0.410 e. The van der Waals surface area contributed by atoms with Crippen molar-refractivity contribution < 1.29 is 19.1 Å². The Labute approximate surface area is 234 Å². The van der Waals surface area contributed by atoms with Crippen LogP contribution in [0, 0.1) is 0 Å². The summed E-state index contributed by atoms with van der Waals surface area (Å²) < 4.78 is 12.1. The van der Waals surface area contributed by atoms with Gasteiger partial charge in [-0.25, -0.2) is 9.59 Å². The monoisotopic (exact) mass is 534 g/mol. The third-order valence-corrected chi connectivity index (χ3v) is 8.18. The molecule has 2 aliphatic carbocycles. The molecule has 6 nitrogen and oxygen atoms in total. The SMILES string of the molecule is CCCc1ccccc1OC(=O)N(CN(C(=O)Oc1ccccc1CCC)C1CCCCC1)C1CCCCC1. The van der Waals surface area contributed by atoms with Crippen LogP contribution < -0.4 is 9.47 Å². The Morgan fingerprint density at radius 1 is 0.641 bits per heavy atom. The van der Waals surface area contributed by atoms with E-state index in [1.807, 2.05) is 58.3 Å². The first-order valence-corrected chi connectivity index (χ1v) is 15.2. The maximum Gasteiger partial charge on any atom is 0.416 e. The first-order chi connectivity index (χ1) is 19.1. The molecule has 0 N–H and O–H groups in total. The number of carbonyl (C=O) groups excluding carboxylic acids is 2. The van der Waals surface area contributed by atoms with Crippen molar-refractivity contribution in [1.82, 2.24) is 9.80 Å². The maximum atomic E-state index is 13.8. The molecule has 2 saturated carbocycles. The lowest BCUT2D eigenvalue weighted by atomic mass is 9.93. The molecule has 4 rings (SSSR count). The Morgan fingerprint density at radius 3 is 1.41 bits per heavy atom. The average Bonchev–Trinajstić information content (AvgIpc) is 2.97. The normalized spacial score (nSPS) is 16.5. The minimum absolute atomic E-state index is 0.0517. The highest BCUT2D eigenvalue weighted by molar-refractivity contribution is 5.74. The molecular weight excluding hydrogens is 488 g/mol. The van der Waals surface area contributed by atoms with E-state index in [-0.39, 0.29) is 30.9 Å². The average molecular weight is 535 g/mol. The molecule has 2 aliphatic rings. The largest absolute Gasteiger partial charge is 0.416 e. The maximum absolute atomic E-state index is 13.8. The minimum atomic E-state index is -0.370. The molecule has 0 spiro atoms. The summed E-state index contributed by atoms with van der Waals surface area (Å²) in [5.41, 5.74) is 2.07. The second kappa shape index (κ2) is 14.9. The molecule has 0 saturated heterocycles. The van der Waals surface area contributed by atoms with Crippen molar-refractivity contribution in [2.75, 3.05) is 6.67 Å². The van der Waals surface area contributed by atoms with Crippen LogP contribution in [0.1, 0.15) is 102 Å². The molecule has 2 aromatic carbocycles. The van der Waals surface area contributed by atoms with Crippen molar-refractivity contribution in [3.63, 3.8) is 0 Å². The molecule has 0 radical (unpaired) electrons. The summed E-state index contributed by atoms with van der Waals surface area (Å²) >= 11 is 0. The van der Waals surface area contributed by atoms with Gasteiger partial charge in [0.1, 0.15) is 18.2 Å². The third kappa shape index (κ3) is 8.00. The van der Waals surface area contributed by atoms with Crippen LogP contribution in [-0.2, 0) is 12.8 Å². The van der Waals surface area contributed by atoms with E-state index in [1.54, 1.807) is 0 Å². The fourth-order valence-electron chi connectivity index (χ4n) is 6.06. The van der Waals surface area contributed by atoms with Crippen molar-refractivity contribution in [2.24, 2.45) is 0 Å². The number of benzene rings is 2. The number of para-hydroxylation sites is 2. The summed E-state index contributed by atoms with van der Waals surface area (Å²) in [6.07, 6.45) is 13.3. The number of aryl methyl sites for hydroxylation is 2. The molecule has 39 heavy (non-hydrogen) atoms. The topological polar surface area (TPSA) is 59.1 Å². The molecule has 0 aliphatic heterocycles. The van der Waals surface area contributed by atoms with E-state index in [2.05, 4.69) is 13.8 Å². The summed E-state index contributed by atoms with van der Waals surface area (Å²) in [5.74, 6) is 1.23. The van der Waals surface area contributed by atoms with Crippen LogP contribution in [0.2, 0.25) is 0 Å². The number of hydrogen-bond acceptors (Lipinski definition) is 4. The fraction of sp³-hybridized carbons (Fsp3) is 0.576. The van der Waals surface area contributed by atoms with E-state index in [4.69, 9.17) is 9.47 Å². The van der Waals surface area contributed by atoms with Crippen LogP contribution in [0.4, 0.5) is 9.59 Å². The predicted molar refractivity (Wildman–Crippen MR) is 155 cm³/mol. The lowest BCUT2D eigenvalue weighted by molar-refractivity contribution is 0.0471. The Morgan fingerprint density at radius 2 is 1.03 bits per heavy atom. The molecule has 2 fully saturated rings. The lowest BCUT2D eigenvalue weighted by Crippen LogP contribution is -2.54. The zero-order chi connectivity index (χ0) is 27.5. The van der Waals surface area contributed by atoms with Gasteiger partial charge in [-0.2, -0.15) is 0 Å². The molecule has 0 bridgehead atoms. The number of nitrogens with zero attached hydrogens (tertiary/aromatic N) is 2. The van der Waals surface area contributed by atoms with Gasteiger partial charge >= 0.3 is 12.2 Å². The summed E-state index contributed by atoms with van der Waals surface area (Å²) in [6.45, 7) is 4.44. The third-order valence-electron chi connectivity index (χ3n) is 8.18. The van der Waals surface area contributed by atoms with Gasteiger partial charge in [0.25, 0.3) is 0 Å². The van der Waals surface area contributed by atoms with Gasteiger partial charge < -0.3 is 9.47 Å². The smallest absolute Gasteiger partial charge is 0.410 e. The molecule has 212 valence electrons. The van der Waals surface area contributed by atoms with E-state index in [9.17, 15) is 9.59 Å². The number of rotatable bonds is 10. The van der Waals surface area contributed by atoms with Crippen molar-refractivity contribution in [3.8, 4) is 11.5 Å². The van der Waals surface area contributed by atoms with Gasteiger partial charge in [-0.05, 0) is 61.8 Å². The van der Waals surface area contributed by atoms with Gasteiger partial charge in [-0.3, -0.25) is 9.80 Å². The Hall–Kier alpha value is -3.02. The van der Waals surface area contributed by atoms with Gasteiger partial charge in [0.05, 0.1) is 0 Å². The summed E-state index contributed by atoms with van der Waals surface area (Å²) in [4.78, 5) is 31.3. The summed E-state index contributed by atoms with van der Waals surface area (Å²) in [6, 6.07) is 15.7. The van der Waals surface area contributed by atoms with Gasteiger partial charge in [0.2, 0.25) is 0 Å². The zero-order valence-electron chi connectivity index (χ0n) is 23.9. The number of amides is 2. The van der Waals surface area contributed by atoms with Crippen molar-refractivity contribution >= 4 is 12.2 Å². The number of carbonyl (C=O) groups is 2. The Balaban J connectivity index is 1.59. The summed E-state index contributed by atoms with van der Waals surface area (Å²) in [5, 5.41) is 0. The fourth-order valence-corrected chi connectivity index (χ4v) is 6.06. The highest BCUT2D eigenvalue weighted by atomic mass is 16.6. The van der Waals surface area contributed by atoms with Crippen LogP contribution >= 0.6 is 0 Å². The molecule has 2 aromatic rings. The van der Waals surface area contributed by atoms with Crippen molar-refractivity contribution in [3.05, 3.63) is 59.7 Å². The van der Waals surface area contributed by atoms with E-state index in [0.29, 0.717) is 11.5 Å². The van der Waals surface area contributed by atoms with E-state index >= 15 is 0 Å². The van der Waals surface area contributed by atoms with E-state index < -0.39 is 0 Å². The quantitative estimate of drug-likeness (QED) is 0.287. The van der Waals surface area contributed by atoms with E-state index in [1.165, 1.54) is 12.8 Å². The molecule has 0 aromatic heterocycles. The first-order valence-electron chi connectivity index (χ1n) is 15.2.